The second kappa shape index (κ2) is 6.80. The minimum absolute atomic E-state index is 0.177. The number of anilines is 1. The molecule has 31 heavy (non-hydrogen) atoms. The molecule has 0 aliphatic carbocycles. The van der Waals surface area contributed by atoms with Crippen molar-refractivity contribution >= 4 is 28.4 Å². The van der Waals surface area contributed by atoms with Crippen molar-refractivity contribution in [3.05, 3.63) is 96.1 Å². The molecule has 1 unspecified atom stereocenters. The molecule has 1 fully saturated rings. The van der Waals surface area contributed by atoms with Crippen LogP contribution >= 0.6 is 0 Å². The van der Waals surface area contributed by atoms with Crippen molar-refractivity contribution in [1.82, 2.24) is 14.5 Å². The highest BCUT2D eigenvalue weighted by molar-refractivity contribution is 6.22. The molecule has 2 aliphatic rings. The van der Waals surface area contributed by atoms with Crippen LogP contribution in [0, 0.1) is 0 Å². The largest absolute Gasteiger partial charge is 0.332 e. The molecule has 6 nitrogen and oxygen atoms in total. The van der Waals surface area contributed by atoms with Crippen molar-refractivity contribution in [3.8, 4) is 0 Å². The minimum Gasteiger partial charge on any atom is -0.328 e. The zero-order chi connectivity index (χ0) is 20.9. The summed E-state index contributed by atoms with van der Waals surface area (Å²) in [5.74, 6) is -0.177. The second-order valence-electron chi connectivity index (χ2n) is 8.09. The predicted octanol–water partition coefficient (Wildman–Crippen LogP) is 3.98. The van der Waals surface area contributed by atoms with Gasteiger partial charge in [0.1, 0.15) is 6.04 Å². The molecule has 0 spiro atoms. The molecule has 1 saturated heterocycles. The maximum Gasteiger partial charge on any atom is 0.332 e. The Bertz CT molecular complexity index is 1330. The number of rotatable bonds is 3. The molecule has 2 aliphatic heterocycles. The number of amides is 3. The first-order chi connectivity index (χ1) is 15.2. The lowest BCUT2D eigenvalue weighted by Crippen LogP contribution is -2.40. The first-order valence-corrected chi connectivity index (χ1v) is 10.4. The van der Waals surface area contributed by atoms with Crippen molar-refractivity contribution < 1.29 is 9.59 Å². The van der Waals surface area contributed by atoms with E-state index in [1.807, 2.05) is 67.0 Å². The zero-order valence-corrected chi connectivity index (χ0v) is 16.8. The van der Waals surface area contributed by atoms with Gasteiger partial charge in [-0.05, 0) is 28.5 Å². The number of urea groups is 1. The molecule has 6 heteroatoms. The lowest BCUT2D eigenvalue weighted by atomic mass is 10.0. The van der Waals surface area contributed by atoms with E-state index >= 15 is 0 Å². The standard InChI is InChI=1S/C25H20N4O2/c30-24-22-13-21-23(27(16-26-21)14-17-6-2-1-3-7-17)15-28(22)25(31)29(24)20-11-10-18-8-4-5-9-19(18)12-20/h1-12,16,22H,13-15H2. The molecule has 0 saturated carbocycles. The number of imidazole rings is 1. The number of fused-ring (bicyclic) bond motifs is 3. The van der Waals surface area contributed by atoms with Gasteiger partial charge in [-0.3, -0.25) is 4.79 Å². The van der Waals surface area contributed by atoms with E-state index in [1.54, 1.807) is 4.90 Å². The number of benzene rings is 3. The van der Waals surface area contributed by atoms with E-state index in [2.05, 4.69) is 21.7 Å². The van der Waals surface area contributed by atoms with Crippen molar-refractivity contribution in [1.29, 1.82) is 0 Å². The normalized spacial score (nSPS) is 17.9. The molecule has 3 aromatic carbocycles. The van der Waals surface area contributed by atoms with Gasteiger partial charge in [-0.1, -0.05) is 60.7 Å². The van der Waals surface area contributed by atoms with Gasteiger partial charge in [0.25, 0.3) is 5.91 Å². The zero-order valence-electron chi connectivity index (χ0n) is 16.8. The maximum absolute atomic E-state index is 13.3. The van der Waals surface area contributed by atoms with Gasteiger partial charge in [0.05, 0.1) is 29.9 Å². The van der Waals surface area contributed by atoms with Gasteiger partial charge in [-0.25, -0.2) is 14.7 Å². The van der Waals surface area contributed by atoms with Crippen LogP contribution in [0.4, 0.5) is 10.5 Å². The lowest BCUT2D eigenvalue weighted by Gasteiger charge is -2.27. The van der Waals surface area contributed by atoms with Crippen LogP contribution in [0.3, 0.4) is 0 Å². The molecule has 3 heterocycles. The van der Waals surface area contributed by atoms with Crippen LogP contribution < -0.4 is 4.90 Å². The van der Waals surface area contributed by atoms with Crippen LogP contribution in [0.15, 0.2) is 79.1 Å². The third kappa shape index (κ3) is 2.83. The van der Waals surface area contributed by atoms with Crippen molar-refractivity contribution in [2.24, 2.45) is 0 Å². The SMILES string of the molecule is O=C1C2Cc3ncn(Cc4ccccc4)c3CN2C(=O)N1c1ccc2ccccc2c1. The van der Waals surface area contributed by atoms with Gasteiger partial charge in [0, 0.05) is 13.0 Å². The van der Waals surface area contributed by atoms with Crippen LogP contribution in [-0.2, 0) is 24.3 Å². The molecule has 1 atom stereocenters. The van der Waals surface area contributed by atoms with Crippen LogP contribution in [0.25, 0.3) is 10.8 Å². The van der Waals surface area contributed by atoms with Gasteiger partial charge >= 0.3 is 6.03 Å². The van der Waals surface area contributed by atoms with E-state index in [4.69, 9.17) is 0 Å². The number of carbonyl (C=O) groups excluding carboxylic acids is 2. The topological polar surface area (TPSA) is 58.4 Å². The maximum atomic E-state index is 13.3. The molecular formula is C25H20N4O2. The average molecular weight is 408 g/mol. The fraction of sp³-hybridized carbons (Fsp3) is 0.160. The number of aromatic nitrogens is 2. The Morgan fingerprint density at radius 3 is 2.52 bits per heavy atom. The Morgan fingerprint density at radius 1 is 0.903 bits per heavy atom. The summed E-state index contributed by atoms with van der Waals surface area (Å²) in [6.45, 7) is 1.08. The molecule has 152 valence electrons. The van der Waals surface area contributed by atoms with E-state index in [9.17, 15) is 9.59 Å². The van der Waals surface area contributed by atoms with Crippen molar-refractivity contribution in [3.63, 3.8) is 0 Å². The van der Waals surface area contributed by atoms with Crippen LogP contribution in [-0.4, -0.2) is 32.4 Å². The summed E-state index contributed by atoms with van der Waals surface area (Å²) in [5, 5.41) is 2.08. The highest BCUT2D eigenvalue weighted by Crippen LogP contribution is 2.34. The number of imide groups is 1. The van der Waals surface area contributed by atoms with Gasteiger partial charge < -0.3 is 9.47 Å². The fourth-order valence-electron chi connectivity index (χ4n) is 4.63. The summed E-state index contributed by atoms with van der Waals surface area (Å²) < 4.78 is 2.08. The van der Waals surface area contributed by atoms with Gasteiger partial charge in [0.15, 0.2) is 0 Å². The minimum atomic E-state index is -0.494. The van der Waals surface area contributed by atoms with Crippen LogP contribution in [0.5, 0.6) is 0 Å². The second-order valence-corrected chi connectivity index (χ2v) is 8.09. The molecule has 6 rings (SSSR count). The number of hydrogen-bond acceptors (Lipinski definition) is 3. The smallest absolute Gasteiger partial charge is 0.328 e. The number of nitrogens with zero attached hydrogens (tertiary/aromatic N) is 4. The molecular weight excluding hydrogens is 388 g/mol. The van der Waals surface area contributed by atoms with E-state index in [1.165, 1.54) is 10.5 Å². The Hall–Kier alpha value is -3.93. The average Bonchev–Trinajstić information content (AvgIpc) is 3.31. The third-order valence-corrected chi connectivity index (χ3v) is 6.25. The monoisotopic (exact) mass is 408 g/mol. The van der Waals surface area contributed by atoms with Gasteiger partial charge in [-0.2, -0.15) is 0 Å². The highest BCUT2D eigenvalue weighted by Gasteiger charge is 2.49. The quantitative estimate of drug-likeness (QED) is 0.482. The summed E-state index contributed by atoms with van der Waals surface area (Å²) >= 11 is 0. The Morgan fingerprint density at radius 2 is 1.68 bits per heavy atom. The summed E-state index contributed by atoms with van der Waals surface area (Å²) in [6.07, 6.45) is 2.27. The summed E-state index contributed by atoms with van der Waals surface area (Å²) in [5.41, 5.74) is 3.69. The Labute approximate surface area is 179 Å². The molecule has 0 N–H and O–H groups in total. The fourth-order valence-corrected chi connectivity index (χ4v) is 4.63. The van der Waals surface area contributed by atoms with E-state index in [0.717, 1.165) is 22.2 Å². The van der Waals surface area contributed by atoms with E-state index in [-0.39, 0.29) is 11.9 Å². The van der Waals surface area contributed by atoms with Gasteiger partial charge in [-0.15, -0.1) is 0 Å². The molecule has 1 aromatic heterocycles. The predicted molar refractivity (Wildman–Crippen MR) is 118 cm³/mol. The molecule has 0 radical (unpaired) electrons. The van der Waals surface area contributed by atoms with E-state index < -0.39 is 6.04 Å². The summed E-state index contributed by atoms with van der Waals surface area (Å²) in [4.78, 5) is 34.1. The molecule has 3 amide bonds. The van der Waals surface area contributed by atoms with Crippen molar-refractivity contribution in [2.45, 2.75) is 25.6 Å². The number of hydrogen-bond donors (Lipinski definition) is 0. The third-order valence-electron chi connectivity index (χ3n) is 6.25. The van der Waals surface area contributed by atoms with Gasteiger partial charge in [0.2, 0.25) is 0 Å². The van der Waals surface area contributed by atoms with E-state index in [0.29, 0.717) is 25.2 Å². The van der Waals surface area contributed by atoms with Crippen LogP contribution in [0.2, 0.25) is 0 Å². The lowest BCUT2D eigenvalue weighted by molar-refractivity contribution is -0.120. The van der Waals surface area contributed by atoms with Crippen molar-refractivity contribution in [2.75, 3.05) is 4.90 Å². The number of carbonyl (C=O) groups is 2. The van der Waals surface area contributed by atoms with Crippen LogP contribution in [0.1, 0.15) is 17.0 Å². The summed E-state index contributed by atoms with van der Waals surface area (Å²) in [6, 6.07) is 23.1. The summed E-state index contributed by atoms with van der Waals surface area (Å²) in [7, 11) is 0. The Balaban J connectivity index is 1.32. The first kappa shape index (κ1) is 17.9. The first-order valence-electron chi connectivity index (χ1n) is 10.4. The molecule has 4 aromatic rings. The molecule has 0 bridgehead atoms. The highest BCUT2D eigenvalue weighted by atomic mass is 16.2. The Kier molecular flexibility index (Phi) is 3.93.